The number of Topliss-reactive ketones (excluding diaryl/α,β-unsaturated/α-hetero) is 1. The van der Waals surface area contributed by atoms with Crippen LogP contribution in [0.5, 0.6) is 0 Å². The molecule has 4 heterocycles. The van der Waals surface area contributed by atoms with Gasteiger partial charge in [-0.1, -0.05) is 58.0 Å². The van der Waals surface area contributed by atoms with Gasteiger partial charge in [-0.3, -0.25) is 19.2 Å². The van der Waals surface area contributed by atoms with Crippen molar-refractivity contribution in [1.29, 1.82) is 0 Å². The number of amides is 1. The maximum Gasteiger partial charge on any atom is 0.311 e. The van der Waals surface area contributed by atoms with Crippen LogP contribution in [0, 0.1) is 29.6 Å². The number of carbonyl (C=O) groups is 4. The van der Waals surface area contributed by atoms with E-state index in [9.17, 15) is 29.4 Å². The number of methoxy groups -OCH3 is 1. The second kappa shape index (κ2) is 22.9. The highest BCUT2D eigenvalue weighted by atomic mass is 16.7. The first kappa shape index (κ1) is 55.7. The van der Waals surface area contributed by atoms with Gasteiger partial charge < -0.3 is 57.7 Å². The number of ether oxygens (including phenoxy) is 9. The lowest BCUT2D eigenvalue weighted by Crippen LogP contribution is -2.62. The molecule has 0 aliphatic carbocycles. The van der Waals surface area contributed by atoms with Gasteiger partial charge in [-0.2, -0.15) is 0 Å². The third-order valence-electron chi connectivity index (χ3n) is 14.9. The molecule has 17 nitrogen and oxygen atoms in total. The minimum absolute atomic E-state index is 0.0803. The number of aliphatic imine (C=N–C) groups is 1. The Morgan fingerprint density at radius 2 is 1.57 bits per heavy atom. The zero-order valence-electron chi connectivity index (χ0n) is 43.0. The third-order valence-corrected chi connectivity index (χ3v) is 14.9. The Bertz CT molecular complexity index is 1910. The summed E-state index contributed by atoms with van der Waals surface area (Å²) in [5.74, 6) is -6.11. The molecule has 2 N–H and O–H groups in total. The van der Waals surface area contributed by atoms with Crippen LogP contribution in [0.3, 0.4) is 0 Å². The molecule has 0 spiro atoms. The first-order valence-corrected chi connectivity index (χ1v) is 24.3. The Labute approximate surface area is 403 Å². The van der Waals surface area contributed by atoms with Crippen molar-refractivity contribution in [3.8, 4) is 0 Å². The van der Waals surface area contributed by atoms with E-state index in [0.717, 1.165) is 0 Å². The van der Waals surface area contributed by atoms with E-state index >= 15 is 0 Å². The van der Waals surface area contributed by atoms with Gasteiger partial charge in [0.15, 0.2) is 24.5 Å². The van der Waals surface area contributed by atoms with Gasteiger partial charge in [0, 0.05) is 56.5 Å². The van der Waals surface area contributed by atoms with Crippen molar-refractivity contribution < 1.29 is 72.0 Å². The molecule has 1 unspecified atom stereocenters. The number of ketones is 1. The summed E-state index contributed by atoms with van der Waals surface area (Å²) in [6.07, 6.45) is -8.87. The van der Waals surface area contributed by atoms with E-state index < -0.39 is 120 Å². The number of fused-ring (bicyclic) bond motifs is 5. The molecule has 5 rings (SSSR count). The average Bonchev–Trinajstić information content (AvgIpc) is 3.29. The Hall–Kier alpha value is -3.23. The quantitative estimate of drug-likeness (QED) is 0.224. The molecule has 1 aromatic rings. The predicted octanol–water partition coefficient (Wildman–Crippen LogP) is 5.34. The van der Waals surface area contributed by atoms with E-state index in [1.165, 1.54) is 27.9 Å². The van der Waals surface area contributed by atoms with Crippen molar-refractivity contribution in [1.82, 2.24) is 4.90 Å². The van der Waals surface area contributed by atoms with Crippen LogP contribution in [0.25, 0.3) is 0 Å². The minimum atomic E-state index is -1.90. The molecule has 4 aliphatic heterocycles. The second-order valence-corrected chi connectivity index (χ2v) is 20.7. The second-order valence-electron chi connectivity index (χ2n) is 20.7. The number of rotatable bonds is 10. The highest BCUT2D eigenvalue weighted by Crippen LogP contribution is 2.44. The molecule has 2 bridgehead atoms. The summed E-state index contributed by atoms with van der Waals surface area (Å²) >= 11 is 0. The fourth-order valence-corrected chi connectivity index (χ4v) is 11.2. The summed E-state index contributed by atoms with van der Waals surface area (Å²) in [5, 5.41) is 24.9. The molecular formula is C51H80N2O15. The number of likely N-dealkylation sites (N-methyl/N-ethyl adjacent to an activating group) is 1. The number of esters is 2. The van der Waals surface area contributed by atoms with E-state index in [0.29, 0.717) is 17.7 Å². The van der Waals surface area contributed by atoms with Crippen LogP contribution >= 0.6 is 0 Å². The lowest BCUT2D eigenvalue weighted by Gasteiger charge is -2.50. The Morgan fingerprint density at radius 1 is 0.912 bits per heavy atom. The molecule has 0 radical (unpaired) electrons. The number of aliphatic hydroxyl groups excluding tert-OH is 1. The average molecular weight is 961 g/mol. The first-order valence-electron chi connectivity index (χ1n) is 24.3. The summed E-state index contributed by atoms with van der Waals surface area (Å²) in [4.78, 5) is 61.4. The number of cyclic esters (lactones) is 1. The number of carbonyl (C=O) groups excluding carboxylic acids is 4. The molecule has 17 heteroatoms. The molecule has 68 heavy (non-hydrogen) atoms. The van der Waals surface area contributed by atoms with Gasteiger partial charge in [0.2, 0.25) is 5.91 Å². The van der Waals surface area contributed by atoms with Gasteiger partial charge in [0.05, 0.1) is 61.2 Å². The van der Waals surface area contributed by atoms with Crippen LogP contribution in [0.2, 0.25) is 0 Å². The normalized spacial score (nSPS) is 42.9. The van der Waals surface area contributed by atoms with Crippen molar-refractivity contribution in [2.75, 3.05) is 34.4 Å². The molecule has 4 saturated heterocycles. The van der Waals surface area contributed by atoms with Crippen LogP contribution in [0.15, 0.2) is 35.3 Å². The maximum absolute atomic E-state index is 14.9. The summed E-state index contributed by atoms with van der Waals surface area (Å²) in [7, 11) is 5.27. The van der Waals surface area contributed by atoms with Crippen molar-refractivity contribution in [3.63, 3.8) is 0 Å². The zero-order chi connectivity index (χ0) is 50.6. The van der Waals surface area contributed by atoms with Crippen molar-refractivity contribution in [3.05, 3.63) is 35.9 Å². The molecule has 4 fully saturated rings. The van der Waals surface area contributed by atoms with Gasteiger partial charge in [-0.15, -0.1) is 0 Å². The molecular weight excluding hydrogens is 881 g/mol. The Balaban J connectivity index is 1.78. The van der Waals surface area contributed by atoms with Crippen LogP contribution in [0.1, 0.15) is 119 Å². The van der Waals surface area contributed by atoms with E-state index in [1.807, 2.05) is 59.7 Å². The number of hydrogen-bond donors (Lipinski definition) is 2. The van der Waals surface area contributed by atoms with Crippen molar-refractivity contribution in [2.45, 2.75) is 193 Å². The standard InChI is InChI=1S/C51H80N2O15/c1-16-38-51(12,59)45-29(4)40(52-33(8)54)27(2)23-50(11,62-26-36(25-61-45)41(56)35-20-18-17-19-21-35)44(68-48-42(57)37(53(13)14)22-28(3)63-48)30(5)43(31(6)47(58)66-38)67-39-24-49(10,60-15)46(32(7)64-39)65-34(9)55/h17-21,27-32,36-39,42-46,48,57,59H,16,22-26H2,1-15H3/t27-,28-,29-,30+,31-,32+,36?,37+,38+,39+,42-,43+,44-,45+,46+,48+,49-,50-,51-/m1/s1. The van der Waals surface area contributed by atoms with Crippen LogP contribution in [-0.4, -0.2) is 163 Å². The minimum Gasteiger partial charge on any atom is -0.459 e. The number of nitrogens with zero attached hydrogens (tertiary/aromatic N) is 2. The zero-order valence-corrected chi connectivity index (χ0v) is 43.0. The first-order chi connectivity index (χ1) is 31.8. The highest BCUT2D eigenvalue weighted by molar-refractivity contribution is 5.98. The van der Waals surface area contributed by atoms with E-state index in [2.05, 4.69) is 4.99 Å². The van der Waals surface area contributed by atoms with Gasteiger partial charge in [-0.25, -0.2) is 4.99 Å². The molecule has 384 valence electrons. The van der Waals surface area contributed by atoms with E-state index in [1.54, 1.807) is 52.0 Å². The molecule has 4 aliphatic rings. The van der Waals surface area contributed by atoms with Crippen molar-refractivity contribution >= 4 is 29.3 Å². The summed E-state index contributed by atoms with van der Waals surface area (Å²) in [5.41, 5.74) is -3.59. The van der Waals surface area contributed by atoms with Crippen LogP contribution in [-0.2, 0) is 57.0 Å². The summed E-state index contributed by atoms with van der Waals surface area (Å²) in [6, 6.07) is 8.44. The third kappa shape index (κ3) is 12.4. The van der Waals surface area contributed by atoms with E-state index in [-0.39, 0.29) is 50.4 Å². The van der Waals surface area contributed by atoms with Crippen LogP contribution in [0.4, 0.5) is 0 Å². The predicted molar refractivity (Wildman–Crippen MR) is 251 cm³/mol. The molecule has 0 aromatic heterocycles. The smallest absolute Gasteiger partial charge is 0.311 e. The highest BCUT2D eigenvalue weighted by Gasteiger charge is 2.56. The maximum atomic E-state index is 14.9. The molecule has 0 saturated carbocycles. The lowest BCUT2D eigenvalue weighted by atomic mass is 9.73. The van der Waals surface area contributed by atoms with Gasteiger partial charge >= 0.3 is 11.9 Å². The fraction of sp³-hybridized carbons (Fsp3) is 0.784. The topological polar surface area (TPSA) is 207 Å². The largest absolute Gasteiger partial charge is 0.459 e. The van der Waals surface area contributed by atoms with Gasteiger partial charge in [0.25, 0.3) is 0 Å². The van der Waals surface area contributed by atoms with Gasteiger partial charge in [0.1, 0.15) is 23.4 Å². The molecule has 1 aromatic carbocycles. The van der Waals surface area contributed by atoms with E-state index in [4.69, 9.17) is 42.6 Å². The Morgan fingerprint density at radius 3 is 2.16 bits per heavy atom. The summed E-state index contributed by atoms with van der Waals surface area (Å²) < 4.78 is 59.1. The van der Waals surface area contributed by atoms with Gasteiger partial charge in [-0.05, 0) is 80.8 Å². The number of hydrogen-bond acceptors (Lipinski definition) is 16. The lowest BCUT2D eigenvalue weighted by molar-refractivity contribution is -0.321. The number of aliphatic hydroxyl groups is 2. The number of benzene rings is 1. The van der Waals surface area contributed by atoms with Crippen molar-refractivity contribution in [2.24, 2.45) is 34.6 Å². The SMILES string of the molecule is CC[C@@H]1OC(=O)[C@H](C)[C@@H](O[C@H]2C[C@@](C)(OC)[C@@H](OC(C)=O)[C@H](C)O2)[C@H](C)[C@@H](O[C@@H]2O[C@H](C)C[C@H](N(C)C)[C@H]2O)[C@@]2(C)C[C@@H](C)C(=NC(C)=O)[C@@H](C)[C@H](OCC(C(=O)c3ccccc3)CO2)[C@]1(C)O. The monoisotopic (exact) mass is 961 g/mol. The Kier molecular flexibility index (Phi) is 18.7. The summed E-state index contributed by atoms with van der Waals surface area (Å²) in [6.45, 7) is 20.1. The molecule has 1 amide bonds. The van der Waals surface area contributed by atoms with Crippen LogP contribution < -0.4 is 0 Å². The molecule has 19 atom stereocenters. The fourth-order valence-electron chi connectivity index (χ4n) is 11.2.